The Morgan fingerprint density at radius 3 is 2.62 bits per heavy atom. The summed E-state index contributed by atoms with van der Waals surface area (Å²) in [7, 11) is 0. The van der Waals surface area contributed by atoms with Crippen LogP contribution in [-0.4, -0.2) is 21.0 Å². The Kier molecular flexibility index (Phi) is 3.99. The first kappa shape index (κ1) is 15.0. The number of aromatic nitrogens is 2. The minimum Gasteiger partial charge on any atom is -0.296 e. The molecule has 0 radical (unpaired) electrons. The molecule has 2 rings (SSSR count). The topological polar surface area (TPSA) is 98.0 Å². The number of carbonyl (C=O) groups excluding carboxylic acids is 1. The number of nitro benzene ring substituents is 1. The predicted octanol–water partition coefficient (Wildman–Crippen LogP) is 3.00. The molecular weight excluding hydrogens is 292 g/mol. The van der Waals surface area contributed by atoms with Crippen molar-refractivity contribution in [3.63, 3.8) is 0 Å². The molecule has 1 amide bonds. The molecule has 0 aliphatic carbocycles. The van der Waals surface area contributed by atoms with E-state index < -0.39 is 10.8 Å². The molecule has 110 valence electrons. The minimum atomic E-state index is -0.542. The monoisotopic (exact) mass is 306 g/mol. The molecule has 0 fully saturated rings. The van der Waals surface area contributed by atoms with Crippen LogP contribution in [-0.2, 0) is 5.41 Å². The van der Waals surface area contributed by atoms with E-state index in [4.69, 9.17) is 0 Å². The van der Waals surface area contributed by atoms with Crippen molar-refractivity contribution in [2.75, 3.05) is 5.32 Å². The van der Waals surface area contributed by atoms with E-state index in [1.165, 1.54) is 35.6 Å². The van der Waals surface area contributed by atoms with Crippen molar-refractivity contribution in [2.45, 2.75) is 26.2 Å². The Morgan fingerprint density at radius 2 is 2.05 bits per heavy atom. The zero-order chi connectivity index (χ0) is 15.6. The van der Waals surface area contributed by atoms with Crippen LogP contribution in [0.15, 0.2) is 24.3 Å². The number of anilines is 1. The van der Waals surface area contributed by atoms with Crippen LogP contribution in [0.25, 0.3) is 0 Å². The normalized spacial score (nSPS) is 11.2. The van der Waals surface area contributed by atoms with Gasteiger partial charge in [-0.25, -0.2) is 0 Å². The van der Waals surface area contributed by atoms with E-state index >= 15 is 0 Å². The standard InChI is InChI=1S/C13H14N4O3S/c1-13(2,3)11-15-16-12(21-11)14-10(18)8-5-4-6-9(7-8)17(19)20/h4-7H,1-3H3,(H,14,16,18). The Balaban J connectivity index is 2.16. The Hall–Kier alpha value is -2.35. The average molecular weight is 306 g/mol. The van der Waals surface area contributed by atoms with Gasteiger partial charge in [-0.05, 0) is 6.07 Å². The molecule has 0 aliphatic rings. The molecule has 0 unspecified atom stereocenters. The van der Waals surface area contributed by atoms with Gasteiger partial charge in [0.1, 0.15) is 5.01 Å². The predicted molar refractivity (Wildman–Crippen MR) is 79.7 cm³/mol. The highest BCUT2D eigenvalue weighted by atomic mass is 32.1. The van der Waals surface area contributed by atoms with Crippen LogP contribution in [0, 0.1) is 10.1 Å². The number of carbonyl (C=O) groups is 1. The van der Waals surface area contributed by atoms with E-state index in [-0.39, 0.29) is 16.7 Å². The average Bonchev–Trinajstić information content (AvgIpc) is 2.87. The molecular formula is C13H14N4O3S. The van der Waals surface area contributed by atoms with Gasteiger partial charge < -0.3 is 0 Å². The summed E-state index contributed by atoms with van der Waals surface area (Å²) in [5.74, 6) is -0.449. The lowest BCUT2D eigenvalue weighted by atomic mass is 9.98. The SMILES string of the molecule is CC(C)(C)c1nnc(NC(=O)c2cccc([N+](=O)[O-])c2)s1. The van der Waals surface area contributed by atoms with Crippen molar-refractivity contribution in [2.24, 2.45) is 0 Å². The third-order valence-electron chi connectivity index (χ3n) is 2.61. The van der Waals surface area contributed by atoms with Gasteiger partial charge in [-0.2, -0.15) is 0 Å². The van der Waals surface area contributed by atoms with E-state index in [1.54, 1.807) is 0 Å². The second-order valence-electron chi connectivity index (χ2n) is 5.42. The van der Waals surface area contributed by atoms with Crippen molar-refractivity contribution < 1.29 is 9.72 Å². The number of hydrogen-bond acceptors (Lipinski definition) is 6. The van der Waals surface area contributed by atoms with Gasteiger partial charge in [0.15, 0.2) is 0 Å². The van der Waals surface area contributed by atoms with E-state index in [1.807, 2.05) is 20.8 Å². The number of non-ortho nitro benzene ring substituents is 1. The molecule has 21 heavy (non-hydrogen) atoms. The van der Waals surface area contributed by atoms with Crippen LogP contribution in [0.3, 0.4) is 0 Å². The fraction of sp³-hybridized carbons (Fsp3) is 0.308. The second kappa shape index (κ2) is 5.57. The lowest BCUT2D eigenvalue weighted by molar-refractivity contribution is -0.384. The van der Waals surface area contributed by atoms with Gasteiger partial charge in [-0.3, -0.25) is 20.2 Å². The minimum absolute atomic E-state index is 0.129. The van der Waals surface area contributed by atoms with E-state index in [0.29, 0.717) is 5.13 Å². The van der Waals surface area contributed by atoms with Crippen LogP contribution in [0.4, 0.5) is 10.8 Å². The maximum atomic E-state index is 12.1. The van der Waals surface area contributed by atoms with Gasteiger partial charge in [0.05, 0.1) is 4.92 Å². The highest BCUT2D eigenvalue weighted by Crippen LogP contribution is 2.28. The van der Waals surface area contributed by atoms with Gasteiger partial charge in [0, 0.05) is 23.1 Å². The van der Waals surface area contributed by atoms with Crippen molar-refractivity contribution in [1.29, 1.82) is 0 Å². The first-order chi connectivity index (χ1) is 9.77. The molecule has 0 atom stereocenters. The molecule has 8 heteroatoms. The molecule has 0 saturated carbocycles. The van der Waals surface area contributed by atoms with E-state index in [0.717, 1.165) is 5.01 Å². The molecule has 0 saturated heterocycles. The van der Waals surface area contributed by atoms with Crippen LogP contribution < -0.4 is 5.32 Å². The highest BCUT2D eigenvalue weighted by molar-refractivity contribution is 7.15. The largest absolute Gasteiger partial charge is 0.296 e. The quantitative estimate of drug-likeness (QED) is 0.694. The summed E-state index contributed by atoms with van der Waals surface area (Å²) in [6, 6.07) is 5.53. The summed E-state index contributed by atoms with van der Waals surface area (Å²) in [5.41, 5.74) is -0.0707. The van der Waals surface area contributed by atoms with Crippen LogP contribution >= 0.6 is 11.3 Å². The van der Waals surface area contributed by atoms with Crippen LogP contribution in [0.1, 0.15) is 36.1 Å². The summed E-state index contributed by atoms with van der Waals surface area (Å²) in [5, 5.41) is 22.4. The van der Waals surface area contributed by atoms with Gasteiger partial charge >= 0.3 is 0 Å². The van der Waals surface area contributed by atoms with E-state index in [2.05, 4.69) is 15.5 Å². The van der Waals surface area contributed by atoms with Gasteiger partial charge in [-0.15, -0.1) is 10.2 Å². The molecule has 1 heterocycles. The number of nitrogens with zero attached hydrogens (tertiary/aromatic N) is 3. The smallest absolute Gasteiger partial charge is 0.270 e. The number of rotatable bonds is 3. The molecule has 2 aromatic rings. The Morgan fingerprint density at radius 1 is 1.33 bits per heavy atom. The van der Waals surface area contributed by atoms with Crippen molar-refractivity contribution in [3.05, 3.63) is 45.0 Å². The number of hydrogen-bond donors (Lipinski definition) is 1. The maximum Gasteiger partial charge on any atom is 0.270 e. The first-order valence-electron chi connectivity index (χ1n) is 6.17. The van der Waals surface area contributed by atoms with Crippen molar-refractivity contribution in [3.8, 4) is 0 Å². The highest BCUT2D eigenvalue weighted by Gasteiger charge is 2.20. The number of nitrogens with one attached hydrogen (secondary N) is 1. The molecule has 0 aliphatic heterocycles. The molecule has 0 spiro atoms. The lowest BCUT2D eigenvalue weighted by Crippen LogP contribution is -2.11. The number of nitro groups is 1. The second-order valence-corrected chi connectivity index (χ2v) is 6.40. The molecule has 1 aromatic carbocycles. The summed E-state index contributed by atoms with van der Waals surface area (Å²) in [6.07, 6.45) is 0. The van der Waals surface area contributed by atoms with Crippen molar-refractivity contribution in [1.82, 2.24) is 10.2 Å². The van der Waals surface area contributed by atoms with E-state index in [9.17, 15) is 14.9 Å². The molecule has 1 N–H and O–H groups in total. The third kappa shape index (κ3) is 3.60. The van der Waals surface area contributed by atoms with Crippen LogP contribution in [0.2, 0.25) is 0 Å². The summed E-state index contributed by atoms with van der Waals surface area (Å²) >= 11 is 1.29. The lowest BCUT2D eigenvalue weighted by Gasteiger charge is -2.12. The molecule has 0 bridgehead atoms. The fourth-order valence-electron chi connectivity index (χ4n) is 1.51. The number of amides is 1. The fourth-order valence-corrected chi connectivity index (χ4v) is 2.30. The van der Waals surface area contributed by atoms with Crippen molar-refractivity contribution >= 4 is 28.1 Å². The van der Waals surface area contributed by atoms with Gasteiger partial charge in [0.25, 0.3) is 11.6 Å². The summed E-state index contributed by atoms with van der Waals surface area (Å²) in [4.78, 5) is 22.2. The molecule has 7 nitrogen and oxygen atoms in total. The third-order valence-corrected chi connectivity index (χ3v) is 3.87. The zero-order valence-electron chi connectivity index (χ0n) is 11.8. The summed E-state index contributed by atoms with van der Waals surface area (Å²) < 4.78 is 0. The number of benzene rings is 1. The Labute approximate surface area is 125 Å². The molecule has 1 aromatic heterocycles. The van der Waals surface area contributed by atoms with Gasteiger partial charge in [0.2, 0.25) is 5.13 Å². The van der Waals surface area contributed by atoms with Crippen LogP contribution in [0.5, 0.6) is 0 Å². The maximum absolute atomic E-state index is 12.1. The Bertz CT molecular complexity index is 691. The zero-order valence-corrected chi connectivity index (χ0v) is 12.6. The van der Waals surface area contributed by atoms with Gasteiger partial charge in [-0.1, -0.05) is 38.2 Å². The first-order valence-corrected chi connectivity index (χ1v) is 6.99. The summed E-state index contributed by atoms with van der Waals surface area (Å²) in [6.45, 7) is 6.00.